The van der Waals surface area contributed by atoms with Gasteiger partial charge in [0.05, 0.1) is 34.7 Å². The molecule has 10 nitrogen and oxygen atoms in total. The molecule has 2 aliphatic rings. The molecule has 2 atom stereocenters. The Balaban J connectivity index is 1.63. The van der Waals surface area contributed by atoms with E-state index in [2.05, 4.69) is 15.0 Å². The first-order chi connectivity index (χ1) is 20.9. The Hall–Kier alpha value is -4.62. The van der Waals surface area contributed by atoms with Crippen molar-refractivity contribution in [1.29, 1.82) is 5.26 Å². The van der Waals surface area contributed by atoms with Gasteiger partial charge in [0, 0.05) is 30.5 Å². The zero-order valence-electron chi connectivity index (χ0n) is 24.1. The average molecular weight is 642 g/mol. The van der Waals surface area contributed by atoms with Crippen molar-refractivity contribution in [2.75, 3.05) is 30.3 Å². The molecule has 2 fully saturated rings. The fourth-order valence-electron chi connectivity index (χ4n) is 5.59. The molecular formula is C28H26F7N7O3. The highest BCUT2D eigenvalue weighted by molar-refractivity contribution is 5.93. The first kappa shape index (κ1) is 31.8. The number of pyridine rings is 1. The topological polar surface area (TPSA) is 130 Å². The standard InChI is InChI=1S/C28H26F7N7O3/c1-26(2,3)45-25(43)42-15-4-5-16(42)11-41(10-15)23-18-9-38-21(17-7-14(37)6-13(8-36)19(17)28(33,34)35)20(29)22(18)39-24(40-23)44-12-27(30,31)32/h6-7,9,15-16H,4-5,10-12,37H2,1-3H3/t15-,16+. The lowest BCUT2D eigenvalue weighted by atomic mass is 9.96. The van der Waals surface area contributed by atoms with Crippen molar-refractivity contribution in [2.45, 2.75) is 63.7 Å². The summed E-state index contributed by atoms with van der Waals surface area (Å²) in [7, 11) is 0. The molecule has 2 aliphatic heterocycles. The van der Waals surface area contributed by atoms with Gasteiger partial charge in [0.25, 0.3) is 0 Å². The highest BCUT2D eigenvalue weighted by atomic mass is 19.4. The van der Waals surface area contributed by atoms with E-state index in [4.69, 9.17) is 15.2 Å². The molecule has 0 saturated carbocycles. The van der Waals surface area contributed by atoms with E-state index in [0.29, 0.717) is 12.8 Å². The number of carbonyl (C=O) groups is 1. The Morgan fingerprint density at radius 3 is 2.29 bits per heavy atom. The summed E-state index contributed by atoms with van der Waals surface area (Å²) < 4.78 is 108. The molecule has 0 aliphatic carbocycles. The Morgan fingerprint density at radius 2 is 1.73 bits per heavy atom. The zero-order valence-corrected chi connectivity index (χ0v) is 24.1. The van der Waals surface area contributed by atoms with E-state index in [1.807, 2.05) is 0 Å². The number of nitrogens with two attached hydrogens (primary N) is 1. The number of piperazine rings is 1. The van der Waals surface area contributed by atoms with Crippen LogP contribution in [0.3, 0.4) is 0 Å². The third kappa shape index (κ3) is 6.45. The van der Waals surface area contributed by atoms with Crippen molar-refractivity contribution in [2.24, 2.45) is 0 Å². The first-order valence-corrected chi connectivity index (χ1v) is 13.6. The minimum Gasteiger partial charge on any atom is -0.454 e. The number of carbonyl (C=O) groups excluding carboxylic acids is 1. The number of alkyl halides is 6. The maximum absolute atomic E-state index is 16.2. The van der Waals surface area contributed by atoms with Crippen molar-refractivity contribution < 1.29 is 45.0 Å². The summed E-state index contributed by atoms with van der Waals surface area (Å²) in [5.41, 5.74) is -0.132. The Morgan fingerprint density at radius 1 is 1.09 bits per heavy atom. The van der Waals surface area contributed by atoms with E-state index in [1.54, 1.807) is 30.6 Å². The van der Waals surface area contributed by atoms with Crippen LogP contribution < -0.4 is 15.4 Å². The monoisotopic (exact) mass is 641 g/mol. The van der Waals surface area contributed by atoms with Crippen LogP contribution in [-0.4, -0.2) is 69.5 Å². The maximum atomic E-state index is 16.2. The van der Waals surface area contributed by atoms with Gasteiger partial charge < -0.3 is 20.1 Å². The minimum absolute atomic E-state index is 0.0859. The SMILES string of the molecule is CC(C)(C)OC(=O)N1[C@@H]2CC[C@H]1CN(c1nc(OCC(F)(F)F)nc3c(F)c(-c4cc(N)cc(C#N)c4C(F)(F)F)ncc13)C2. The number of anilines is 2. The van der Waals surface area contributed by atoms with Crippen LogP contribution in [0.5, 0.6) is 6.01 Å². The van der Waals surface area contributed by atoms with Crippen LogP contribution in [0, 0.1) is 17.1 Å². The molecule has 2 N–H and O–H groups in total. The predicted octanol–water partition coefficient (Wildman–Crippen LogP) is 5.83. The van der Waals surface area contributed by atoms with E-state index in [9.17, 15) is 36.4 Å². The van der Waals surface area contributed by atoms with Gasteiger partial charge in [-0.1, -0.05) is 0 Å². The van der Waals surface area contributed by atoms with Crippen molar-refractivity contribution in [3.63, 3.8) is 0 Å². The summed E-state index contributed by atoms with van der Waals surface area (Å²) in [6.45, 7) is 3.59. The summed E-state index contributed by atoms with van der Waals surface area (Å²) >= 11 is 0. The van der Waals surface area contributed by atoms with Gasteiger partial charge in [-0.05, 0) is 45.7 Å². The van der Waals surface area contributed by atoms with Crippen molar-refractivity contribution in [3.8, 4) is 23.3 Å². The van der Waals surface area contributed by atoms with Crippen LogP contribution >= 0.6 is 0 Å². The molecule has 5 rings (SSSR count). The number of nitrogen functional groups attached to an aromatic ring is 1. The second kappa shape index (κ2) is 11.1. The third-order valence-corrected chi connectivity index (χ3v) is 7.21. The minimum atomic E-state index is -5.12. The van der Waals surface area contributed by atoms with Gasteiger partial charge in [-0.15, -0.1) is 0 Å². The number of ether oxygens (including phenoxy) is 2. The summed E-state index contributed by atoms with van der Waals surface area (Å²) in [5.74, 6) is -1.51. The van der Waals surface area contributed by atoms with E-state index in [0.717, 1.165) is 18.3 Å². The normalized spacial score (nSPS) is 18.7. The predicted molar refractivity (Wildman–Crippen MR) is 146 cm³/mol. The number of hydrogen-bond acceptors (Lipinski definition) is 9. The van der Waals surface area contributed by atoms with Gasteiger partial charge in [0.1, 0.15) is 22.6 Å². The van der Waals surface area contributed by atoms with E-state index in [1.165, 1.54) is 6.07 Å². The lowest BCUT2D eigenvalue weighted by molar-refractivity contribution is -0.154. The van der Waals surface area contributed by atoms with Gasteiger partial charge in [0.15, 0.2) is 12.4 Å². The molecule has 0 radical (unpaired) electrons. The van der Waals surface area contributed by atoms with E-state index >= 15 is 4.39 Å². The number of halogens is 7. The number of benzene rings is 1. The summed E-state index contributed by atoms with van der Waals surface area (Å²) in [6.07, 6.45) is -8.32. The quantitative estimate of drug-likeness (QED) is 0.276. The Kier molecular flexibility index (Phi) is 7.82. The molecule has 0 spiro atoms. The number of aromatic nitrogens is 3. The molecule has 1 amide bonds. The fraction of sp³-hybridized carbons (Fsp3) is 0.464. The van der Waals surface area contributed by atoms with Crippen LogP contribution in [0.2, 0.25) is 0 Å². The summed E-state index contributed by atoms with van der Waals surface area (Å²) in [4.78, 5) is 27.9. The fourth-order valence-corrected chi connectivity index (χ4v) is 5.59. The summed E-state index contributed by atoms with van der Waals surface area (Å²) in [5, 5.41) is 9.20. The lowest BCUT2D eigenvalue weighted by Gasteiger charge is -2.42. The number of hydrogen-bond donors (Lipinski definition) is 1. The van der Waals surface area contributed by atoms with E-state index < -0.39 is 70.4 Å². The van der Waals surface area contributed by atoms with Crippen LogP contribution in [-0.2, 0) is 10.9 Å². The van der Waals surface area contributed by atoms with Crippen LogP contribution in [0.15, 0.2) is 18.3 Å². The Bertz CT molecular complexity index is 1690. The largest absolute Gasteiger partial charge is 0.454 e. The molecular weight excluding hydrogens is 615 g/mol. The number of fused-ring (bicyclic) bond motifs is 3. The van der Waals surface area contributed by atoms with Gasteiger partial charge >= 0.3 is 24.5 Å². The lowest BCUT2D eigenvalue weighted by Crippen LogP contribution is -2.57. The molecule has 2 aromatic heterocycles. The highest BCUT2D eigenvalue weighted by Crippen LogP contribution is 2.43. The number of rotatable bonds is 4. The average Bonchev–Trinajstić information content (AvgIpc) is 3.19. The summed E-state index contributed by atoms with van der Waals surface area (Å²) in [6, 6.07) is 1.31. The molecule has 240 valence electrons. The molecule has 2 bridgehead atoms. The number of amides is 1. The molecule has 3 aromatic rings. The van der Waals surface area contributed by atoms with Gasteiger partial charge in [-0.3, -0.25) is 9.88 Å². The van der Waals surface area contributed by atoms with Gasteiger partial charge in [-0.25, -0.2) is 9.18 Å². The number of nitrogens with zero attached hydrogens (tertiary/aromatic N) is 6. The van der Waals surface area contributed by atoms with Crippen molar-refractivity contribution >= 4 is 28.5 Å². The molecule has 2 saturated heterocycles. The maximum Gasteiger partial charge on any atom is 0.422 e. The third-order valence-electron chi connectivity index (χ3n) is 7.21. The molecule has 45 heavy (non-hydrogen) atoms. The zero-order chi connectivity index (χ0) is 33.1. The van der Waals surface area contributed by atoms with Crippen LogP contribution in [0.25, 0.3) is 22.2 Å². The highest BCUT2D eigenvalue weighted by Gasteiger charge is 2.45. The smallest absolute Gasteiger partial charge is 0.422 e. The number of nitriles is 1. The van der Waals surface area contributed by atoms with Crippen molar-refractivity contribution in [1.82, 2.24) is 19.9 Å². The van der Waals surface area contributed by atoms with E-state index in [-0.39, 0.29) is 42.1 Å². The first-order valence-electron chi connectivity index (χ1n) is 13.6. The Labute approximate surface area is 251 Å². The van der Waals surface area contributed by atoms with Crippen LogP contribution in [0.1, 0.15) is 44.7 Å². The molecule has 0 unspecified atom stereocenters. The van der Waals surface area contributed by atoms with Gasteiger partial charge in [-0.2, -0.15) is 41.6 Å². The van der Waals surface area contributed by atoms with Crippen LogP contribution in [0.4, 0.5) is 47.0 Å². The van der Waals surface area contributed by atoms with Gasteiger partial charge in [0.2, 0.25) is 0 Å². The second-order valence-corrected chi connectivity index (χ2v) is 11.7. The molecule has 4 heterocycles. The van der Waals surface area contributed by atoms with Crippen molar-refractivity contribution in [3.05, 3.63) is 35.3 Å². The molecule has 1 aromatic carbocycles. The molecule has 17 heteroatoms. The second-order valence-electron chi connectivity index (χ2n) is 11.7.